The molecule has 0 aliphatic carbocycles. The van der Waals surface area contributed by atoms with Crippen LogP contribution in [0.5, 0.6) is 0 Å². The highest BCUT2D eigenvalue weighted by molar-refractivity contribution is 8.39. The third-order valence-corrected chi connectivity index (χ3v) is 5.06. The smallest absolute Gasteiger partial charge is 0.348 e. The first kappa shape index (κ1) is 20.8. The molecule has 1 amide bonds. The van der Waals surface area contributed by atoms with E-state index in [1.54, 1.807) is 20.8 Å². The van der Waals surface area contributed by atoms with Gasteiger partial charge in [-0.2, -0.15) is 4.98 Å². The van der Waals surface area contributed by atoms with Gasteiger partial charge in [0.05, 0.1) is 12.4 Å². The largest absolute Gasteiger partial charge is 0.582 e. The summed E-state index contributed by atoms with van der Waals surface area (Å²) in [7, 11) is -2.39. The molecule has 13 heteroatoms. The summed E-state index contributed by atoms with van der Waals surface area (Å²) in [6.45, 7) is 5.12. The number of carbonyl (C=O) groups is 1. The van der Waals surface area contributed by atoms with Crippen LogP contribution >= 0.6 is 19.5 Å². The van der Waals surface area contributed by atoms with Crippen molar-refractivity contribution < 1.29 is 23.0 Å². The topological polar surface area (TPSA) is 128 Å². The highest BCUT2D eigenvalue weighted by Crippen LogP contribution is 2.42. The summed E-state index contributed by atoms with van der Waals surface area (Å²) >= 11 is 3.70. The number of hydrogen-bond acceptors (Lipinski definition) is 7. The number of amides is 1. The summed E-state index contributed by atoms with van der Waals surface area (Å²) in [5.74, 6) is -0.738. The molecule has 10 nitrogen and oxygen atoms in total. The summed E-state index contributed by atoms with van der Waals surface area (Å²) in [6, 6.07) is 0. The van der Waals surface area contributed by atoms with Gasteiger partial charge in [0.1, 0.15) is 12.2 Å². The molecule has 1 saturated heterocycles. The molecule has 1 aliphatic heterocycles. The number of nitrogens with one attached hydrogen (secondary N) is 2. The van der Waals surface area contributed by atoms with E-state index in [4.69, 9.17) is 9.26 Å². The average molecular weight is 432 g/mol. The average Bonchev–Trinajstić information content (AvgIpc) is 3.16. The minimum atomic E-state index is -2.39. The molecule has 2 N–H and O–H groups in total. The van der Waals surface area contributed by atoms with Crippen molar-refractivity contribution in [2.24, 2.45) is 5.92 Å². The SMILES string of the molecule is CC[C@H]1O[C@@H](n2cnc3c(=O)[nH]c(NC(=O)C(C)C)nc32)[C@H](O[P+](=O)S)[C@@H]1F. The standard InChI is InChI=1S/C15H19FN5O5PS/c1-4-7-8(16)10(26-27(24)28)14(25-7)21-5-17-9-11(21)18-15(20-13(9)23)19-12(22)6(2)3/h5-8,10,14H,4H2,1-3H3,(H2-,18,19,20,22,23,24,28)/p+1/t7-,8-,10-,14-/m1/s1. The number of rotatable bonds is 6. The van der Waals surface area contributed by atoms with Crippen molar-refractivity contribution in [1.82, 2.24) is 19.5 Å². The number of aromatic nitrogens is 4. The van der Waals surface area contributed by atoms with Crippen LogP contribution in [0.25, 0.3) is 11.2 Å². The number of nitrogens with zero attached hydrogens (tertiary/aromatic N) is 3. The van der Waals surface area contributed by atoms with Crippen LogP contribution < -0.4 is 10.9 Å². The van der Waals surface area contributed by atoms with Crippen LogP contribution in [0.3, 0.4) is 0 Å². The van der Waals surface area contributed by atoms with E-state index in [-0.39, 0.29) is 28.9 Å². The van der Waals surface area contributed by atoms with Crippen molar-refractivity contribution in [3.8, 4) is 0 Å². The molecule has 28 heavy (non-hydrogen) atoms. The van der Waals surface area contributed by atoms with E-state index in [1.807, 2.05) is 0 Å². The van der Waals surface area contributed by atoms with Gasteiger partial charge in [-0.05, 0) is 11.0 Å². The Morgan fingerprint density at radius 2 is 2.29 bits per heavy atom. The van der Waals surface area contributed by atoms with Crippen LogP contribution in [-0.4, -0.2) is 43.8 Å². The second kappa shape index (κ2) is 8.24. The first-order valence-corrected chi connectivity index (χ1v) is 11.0. The molecular formula is C15H20FN5O5PS+. The van der Waals surface area contributed by atoms with Gasteiger partial charge < -0.3 is 4.74 Å². The van der Waals surface area contributed by atoms with Gasteiger partial charge in [0.25, 0.3) is 5.56 Å². The summed E-state index contributed by atoms with van der Waals surface area (Å²) in [6.07, 6.45) is -3.01. The molecule has 3 heterocycles. The van der Waals surface area contributed by atoms with Crippen LogP contribution in [0.2, 0.25) is 0 Å². The number of halogens is 1. The molecule has 0 bridgehead atoms. The molecule has 2 aromatic rings. The van der Waals surface area contributed by atoms with E-state index in [0.29, 0.717) is 6.42 Å². The fourth-order valence-corrected chi connectivity index (χ4v) is 3.65. The molecule has 3 rings (SSSR count). The van der Waals surface area contributed by atoms with E-state index in [1.165, 1.54) is 10.9 Å². The fourth-order valence-electron chi connectivity index (χ4n) is 2.89. The van der Waals surface area contributed by atoms with Crippen LogP contribution in [0.4, 0.5) is 10.3 Å². The molecule has 2 aromatic heterocycles. The lowest BCUT2D eigenvalue weighted by Crippen LogP contribution is -2.29. The third-order valence-electron chi connectivity index (χ3n) is 4.35. The molecule has 1 unspecified atom stereocenters. The number of H-pyrrole nitrogens is 1. The molecule has 1 aliphatic rings. The Balaban J connectivity index is 2.04. The van der Waals surface area contributed by atoms with Crippen molar-refractivity contribution in [3.05, 3.63) is 16.7 Å². The molecular weight excluding hydrogens is 412 g/mol. The van der Waals surface area contributed by atoms with Gasteiger partial charge in [-0.3, -0.25) is 24.5 Å². The zero-order chi connectivity index (χ0) is 20.6. The lowest BCUT2D eigenvalue weighted by molar-refractivity contribution is -0.118. The van der Waals surface area contributed by atoms with Gasteiger partial charge in [0.15, 0.2) is 29.7 Å². The maximum atomic E-state index is 14.7. The number of imidazole rings is 1. The zero-order valence-corrected chi connectivity index (χ0v) is 17.1. The summed E-state index contributed by atoms with van der Waals surface area (Å²) < 4.78 is 38.3. The number of hydrogen-bond donors (Lipinski definition) is 3. The Labute approximate surface area is 165 Å². The molecule has 0 saturated carbocycles. The van der Waals surface area contributed by atoms with E-state index in [9.17, 15) is 18.5 Å². The number of fused-ring (bicyclic) bond motifs is 1. The van der Waals surface area contributed by atoms with Gasteiger partial charge in [0, 0.05) is 5.92 Å². The predicted molar refractivity (Wildman–Crippen MR) is 102 cm³/mol. The second-order valence-electron chi connectivity index (χ2n) is 6.61. The van der Waals surface area contributed by atoms with Crippen molar-refractivity contribution in [3.63, 3.8) is 0 Å². The zero-order valence-electron chi connectivity index (χ0n) is 15.3. The highest BCUT2D eigenvalue weighted by atomic mass is 32.7. The Morgan fingerprint density at radius 3 is 2.89 bits per heavy atom. The van der Waals surface area contributed by atoms with Gasteiger partial charge in [-0.1, -0.05) is 20.8 Å². The van der Waals surface area contributed by atoms with Gasteiger partial charge in [0.2, 0.25) is 11.9 Å². The maximum Gasteiger partial charge on any atom is 0.582 e. The lowest BCUT2D eigenvalue weighted by atomic mass is 10.1. The normalized spacial score (nSPS) is 25.4. The van der Waals surface area contributed by atoms with Gasteiger partial charge in [-0.25, -0.2) is 9.37 Å². The molecule has 0 radical (unpaired) electrons. The van der Waals surface area contributed by atoms with Crippen LogP contribution in [0, 0.1) is 5.92 Å². The minimum absolute atomic E-state index is 0.0180. The number of alkyl halides is 1. The minimum Gasteiger partial charge on any atom is -0.348 e. The lowest BCUT2D eigenvalue weighted by Gasteiger charge is -2.16. The maximum absolute atomic E-state index is 14.7. The Bertz CT molecular complexity index is 966. The first-order valence-electron chi connectivity index (χ1n) is 8.63. The van der Waals surface area contributed by atoms with E-state index in [2.05, 4.69) is 32.5 Å². The third kappa shape index (κ3) is 3.95. The van der Waals surface area contributed by atoms with E-state index < -0.39 is 37.4 Å². The van der Waals surface area contributed by atoms with E-state index in [0.717, 1.165) is 0 Å². The molecule has 5 atom stereocenters. The number of ether oxygens (including phenoxy) is 1. The predicted octanol–water partition coefficient (Wildman–Crippen LogP) is 2.33. The summed E-state index contributed by atoms with van der Waals surface area (Å²) in [5, 5.41) is 2.50. The van der Waals surface area contributed by atoms with Crippen molar-refractivity contribution in [2.75, 3.05) is 5.32 Å². The van der Waals surface area contributed by atoms with Gasteiger partial charge in [-0.15, -0.1) is 4.52 Å². The highest BCUT2D eigenvalue weighted by Gasteiger charge is 2.50. The van der Waals surface area contributed by atoms with E-state index >= 15 is 0 Å². The quantitative estimate of drug-likeness (QED) is 0.472. The molecule has 0 aromatic carbocycles. The number of anilines is 1. The second-order valence-corrected chi connectivity index (χ2v) is 8.27. The molecule has 1 fully saturated rings. The number of thiol groups is 1. The van der Waals surface area contributed by atoms with Crippen LogP contribution in [-0.2, 0) is 18.6 Å². The fraction of sp³-hybridized carbons (Fsp3) is 0.600. The molecule has 0 spiro atoms. The van der Waals surface area contributed by atoms with Crippen molar-refractivity contribution in [2.45, 2.75) is 51.8 Å². The first-order chi connectivity index (χ1) is 13.2. The van der Waals surface area contributed by atoms with Gasteiger partial charge >= 0.3 is 7.23 Å². The summed E-state index contributed by atoms with van der Waals surface area (Å²) in [5.41, 5.74) is -0.530. The Hall–Kier alpha value is -1.88. The molecule has 152 valence electrons. The number of carbonyl (C=O) groups excluding carboxylic acids is 1. The number of aromatic amines is 1. The summed E-state index contributed by atoms with van der Waals surface area (Å²) in [4.78, 5) is 34.9. The van der Waals surface area contributed by atoms with Crippen LogP contribution in [0.15, 0.2) is 11.1 Å². The monoisotopic (exact) mass is 432 g/mol. The van der Waals surface area contributed by atoms with Crippen molar-refractivity contribution in [1.29, 1.82) is 0 Å². The Morgan fingerprint density at radius 1 is 1.57 bits per heavy atom. The van der Waals surface area contributed by atoms with Crippen LogP contribution in [0.1, 0.15) is 33.4 Å². The Kier molecular flexibility index (Phi) is 6.13. The van der Waals surface area contributed by atoms with Crippen molar-refractivity contribution >= 4 is 42.5 Å².